The zero-order valence-electron chi connectivity index (χ0n) is 7.62. The molecule has 1 saturated carbocycles. The van der Waals surface area contributed by atoms with Gasteiger partial charge in [-0.25, -0.2) is 0 Å². The predicted octanol–water partition coefficient (Wildman–Crippen LogP) is 1.45. The second-order valence-electron chi connectivity index (χ2n) is 4.03. The van der Waals surface area contributed by atoms with E-state index < -0.39 is 5.60 Å². The molecule has 3 nitrogen and oxygen atoms in total. The first kappa shape index (κ1) is 8.73. The summed E-state index contributed by atoms with van der Waals surface area (Å²) in [6.45, 7) is 0. The Morgan fingerprint density at radius 3 is 3.00 bits per heavy atom. The summed E-state index contributed by atoms with van der Waals surface area (Å²) in [4.78, 5) is 22.1. The van der Waals surface area contributed by atoms with Gasteiger partial charge in [-0.15, -0.1) is 0 Å². The van der Waals surface area contributed by atoms with Crippen molar-refractivity contribution in [2.24, 2.45) is 5.92 Å². The van der Waals surface area contributed by atoms with Crippen LogP contribution in [0.25, 0.3) is 0 Å². The Morgan fingerprint density at radius 1 is 1.38 bits per heavy atom. The quantitative estimate of drug-likeness (QED) is 0.455. The van der Waals surface area contributed by atoms with E-state index in [0.717, 1.165) is 38.4 Å². The first-order valence-corrected chi connectivity index (χ1v) is 4.95. The fraction of sp³-hybridized carbons (Fsp3) is 0.800. The van der Waals surface area contributed by atoms with Crippen molar-refractivity contribution in [2.75, 3.05) is 0 Å². The summed E-state index contributed by atoms with van der Waals surface area (Å²) in [7, 11) is 0. The Bertz CT molecular complexity index is 236. The zero-order valence-corrected chi connectivity index (χ0v) is 7.62. The summed E-state index contributed by atoms with van der Waals surface area (Å²) in [5.74, 6) is 0.0849. The largest absolute Gasteiger partial charge is 0.451 e. The molecular formula is C10H14O3. The topological polar surface area (TPSA) is 43.4 Å². The fourth-order valence-electron chi connectivity index (χ4n) is 2.50. The van der Waals surface area contributed by atoms with Crippen molar-refractivity contribution in [2.45, 2.75) is 44.1 Å². The number of carbonyl (C=O) groups excluding carboxylic acids is 2. The van der Waals surface area contributed by atoms with Gasteiger partial charge in [-0.2, -0.15) is 0 Å². The Labute approximate surface area is 77.4 Å². The van der Waals surface area contributed by atoms with Gasteiger partial charge in [0.15, 0.2) is 11.9 Å². The summed E-state index contributed by atoms with van der Waals surface area (Å²) in [5, 5.41) is 0. The monoisotopic (exact) mass is 182 g/mol. The average Bonchev–Trinajstić information content (AvgIpc) is 2.17. The van der Waals surface area contributed by atoms with E-state index in [2.05, 4.69) is 0 Å². The number of ether oxygens (including phenoxy) is 1. The van der Waals surface area contributed by atoms with E-state index >= 15 is 0 Å². The summed E-state index contributed by atoms with van der Waals surface area (Å²) in [5.41, 5.74) is -0.742. The molecule has 0 N–H and O–H groups in total. The Balaban J connectivity index is 2.21. The van der Waals surface area contributed by atoms with Crippen molar-refractivity contribution in [3.05, 3.63) is 0 Å². The molecule has 1 heterocycles. The molecule has 1 saturated heterocycles. The third kappa shape index (κ3) is 1.36. The lowest BCUT2D eigenvalue weighted by molar-refractivity contribution is -0.181. The molecule has 2 rings (SSSR count). The van der Waals surface area contributed by atoms with Crippen molar-refractivity contribution in [3.63, 3.8) is 0 Å². The highest BCUT2D eigenvalue weighted by atomic mass is 16.6. The maximum atomic E-state index is 11.1. The van der Waals surface area contributed by atoms with Crippen LogP contribution in [-0.2, 0) is 14.3 Å². The molecule has 2 atom stereocenters. The normalized spacial score (nSPS) is 39.1. The SMILES string of the molecule is O=CC12CCCC[C@@H]1CCC(=O)O2. The van der Waals surface area contributed by atoms with Gasteiger partial charge in [0.05, 0.1) is 0 Å². The molecule has 0 radical (unpaired) electrons. The molecule has 13 heavy (non-hydrogen) atoms. The van der Waals surface area contributed by atoms with Gasteiger partial charge in [-0.3, -0.25) is 9.59 Å². The molecule has 0 aromatic rings. The van der Waals surface area contributed by atoms with Gasteiger partial charge in [0.25, 0.3) is 0 Å². The van der Waals surface area contributed by atoms with Crippen LogP contribution in [0.5, 0.6) is 0 Å². The molecule has 72 valence electrons. The molecule has 1 unspecified atom stereocenters. The highest BCUT2D eigenvalue weighted by Gasteiger charge is 2.46. The van der Waals surface area contributed by atoms with Gasteiger partial charge in [-0.05, 0) is 25.7 Å². The highest BCUT2D eigenvalue weighted by molar-refractivity contribution is 5.76. The van der Waals surface area contributed by atoms with Crippen molar-refractivity contribution in [3.8, 4) is 0 Å². The van der Waals surface area contributed by atoms with Crippen LogP contribution in [0.3, 0.4) is 0 Å². The maximum absolute atomic E-state index is 11.1. The predicted molar refractivity (Wildman–Crippen MR) is 46.1 cm³/mol. The lowest BCUT2D eigenvalue weighted by Gasteiger charge is -2.42. The van der Waals surface area contributed by atoms with E-state index in [1.807, 2.05) is 0 Å². The van der Waals surface area contributed by atoms with Crippen LogP contribution in [0.4, 0.5) is 0 Å². The molecule has 2 fully saturated rings. The Kier molecular flexibility index (Phi) is 2.10. The smallest absolute Gasteiger partial charge is 0.306 e. The van der Waals surface area contributed by atoms with E-state index in [-0.39, 0.29) is 11.9 Å². The number of fused-ring (bicyclic) bond motifs is 1. The molecule has 3 heteroatoms. The van der Waals surface area contributed by atoms with Gasteiger partial charge in [-0.1, -0.05) is 6.42 Å². The molecule has 1 aliphatic carbocycles. The molecule has 2 aliphatic rings. The van der Waals surface area contributed by atoms with Crippen molar-refractivity contribution in [1.82, 2.24) is 0 Å². The van der Waals surface area contributed by atoms with E-state index in [4.69, 9.17) is 4.74 Å². The number of esters is 1. The lowest BCUT2D eigenvalue weighted by Crippen LogP contribution is -2.49. The Morgan fingerprint density at radius 2 is 2.23 bits per heavy atom. The minimum absolute atomic E-state index is 0.203. The molecule has 0 spiro atoms. The first-order valence-electron chi connectivity index (χ1n) is 4.95. The van der Waals surface area contributed by atoms with Crippen molar-refractivity contribution >= 4 is 12.3 Å². The number of hydrogen-bond donors (Lipinski definition) is 0. The summed E-state index contributed by atoms with van der Waals surface area (Å²) in [6.07, 6.45) is 6.10. The second-order valence-corrected chi connectivity index (χ2v) is 4.03. The van der Waals surface area contributed by atoms with E-state index in [1.165, 1.54) is 0 Å². The Hall–Kier alpha value is -0.860. The molecule has 0 aromatic carbocycles. The van der Waals surface area contributed by atoms with E-state index in [9.17, 15) is 9.59 Å². The second kappa shape index (κ2) is 3.13. The summed E-state index contributed by atoms with van der Waals surface area (Å²) >= 11 is 0. The number of carbonyl (C=O) groups is 2. The summed E-state index contributed by atoms with van der Waals surface area (Å²) in [6, 6.07) is 0. The lowest BCUT2D eigenvalue weighted by atomic mass is 9.72. The van der Waals surface area contributed by atoms with E-state index in [0.29, 0.717) is 6.42 Å². The van der Waals surface area contributed by atoms with Crippen LogP contribution in [-0.4, -0.2) is 17.9 Å². The standard InChI is InChI=1S/C10H14O3/c11-7-10-6-2-1-3-8(10)4-5-9(12)13-10/h7-8H,1-6H2/t8-,10?/m1/s1. The number of aldehydes is 1. The van der Waals surface area contributed by atoms with Gasteiger partial charge in [0.2, 0.25) is 0 Å². The molecule has 0 bridgehead atoms. The first-order chi connectivity index (χ1) is 6.27. The fourth-order valence-corrected chi connectivity index (χ4v) is 2.50. The highest BCUT2D eigenvalue weighted by Crippen LogP contribution is 2.41. The third-order valence-corrected chi connectivity index (χ3v) is 3.26. The van der Waals surface area contributed by atoms with Crippen LogP contribution in [0.15, 0.2) is 0 Å². The van der Waals surface area contributed by atoms with E-state index in [1.54, 1.807) is 0 Å². The van der Waals surface area contributed by atoms with Gasteiger partial charge in [0.1, 0.15) is 0 Å². The van der Waals surface area contributed by atoms with Crippen LogP contribution in [0.2, 0.25) is 0 Å². The molecule has 0 aromatic heterocycles. The summed E-state index contributed by atoms with van der Waals surface area (Å²) < 4.78 is 5.22. The van der Waals surface area contributed by atoms with Crippen LogP contribution < -0.4 is 0 Å². The molecular weight excluding hydrogens is 168 g/mol. The van der Waals surface area contributed by atoms with Crippen LogP contribution in [0.1, 0.15) is 38.5 Å². The maximum Gasteiger partial charge on any atom is 0.306 e. The minimum atomic E-state index is -0.742. The number of hydrogen-bond acceptors (Lipinski definition) is 3. The van der Waals surface area contributed by atoms with Gasteiger partial charge in [0, 0.05) is 12.3 Å². The zero-order chi connectivity index (χ0) is 9.31. The average molecular weight is 182 g/mol. The minimum Gasteiger partial charge on any atom is -0.451 e. The third-order valence-electron chi connectivity index (χ3n) is 3.26. The van der Waals surface area contributed by atoms with Crippen molar-refractivity contribution < 1.29 is 14.3 Å². The van der Waals surface area contributed by atoms with Gasteiger partial charge < -0.3 is 4.74 Å². The van der Waals surface area contributed by atoms with Gasteiger partial charge >= 0.3 is 5.97 Å². The molecule has 0 amide bonds. The van der Waals surface area contributed by atoms with Crippen molar-refractivity contribution in [1.29, 1.82) is 0 Å². The van der Waals surface area contributed by atoms with Crippen LogP contribution in [0, 0.1) is 5.92 Å². The number of rotatable bonds is 1. The van der Waals surface area contributed by atoms with Crippen LogP contribution >= 0.6 is 0 Å². The molecule has 1 aliphatic heterocycles.